The Balaban J connectivity index is 1.80. The van der Waals surface area contributed by atoms with Crippen LogP contribution in [0.25, 0.3) is 0 Å². The summed E-state index contributed by atoms with van der Waals surface area (Å²) in [5.74, 6) is 0.998. The van der Waals surface area contributed by atoms with Crippen LogP contribution >= 0.6 is 11.3 Å². The zero-order chi connectivity index (χ0) is 12.5. The first-order valence-corrected chi connectivity index (χ1v) is 7.51. The largest absolute Gasteiger partial charge is 0.309 e. The van der Waals surface area contributed by atoms with Gasteiger partial charge in [-0.25, -0.2) is 4.98 Å². The molecule has 0 aliphatic heterocycles. The van der Waals surface area contributed by atoms with Crippen LogP contribution in [0.1, 0.15) is 57.7 Å². The van der Waals surface area contributed by atoms with E-state index in [1.54, 1.807) is 11.3 Å². The maximum absolute atomic E-state index is 4.70. The van der Waals surface area contributed by atoms with Gasteiger partial charge >= 0.3 is 0 Å². The van der Waals surface area contributed by atoms with Crippen molar-refractivity contribution in [1.29, 1.82) is 0 Å². The lowest BCUT2D eigenvalue weighted by atomic mass is 9.98. The summed E-state index contributed by atoms with van der Waals surface area (Å²) >= 11 is 1.78. The van der Waals surface area contributed by atoms with Gasteiger partial charge in [0.2, 0.25) is 0 Å². The van der Waals surface area contributed by atoms with Crippen molar-refractivity contribution in [2.24, 2.45) is 5.92 Å². The van der Waals surface area contributed by atoms with Crippen LogP contribution in [0.15, 0.2) is 5.38 Å². The van der Waals surface area contributed by atoms with Gasteiger partial charge in [-0.1, -0.05) is 33.6 Å². The Hall–Kier alpha value is -0.410. The molecule has 1 fully saturated rings. The van der Waals surface area contributed by atoms with Gasteiger partial charge in [0.1, 0.15) is 0 Å². The van der Waals surface area contributed by atoms with Crippen LogP contribution < -0.4 is 5.32 Å². The van der Waals surface area contributed by atoms with Crippen LogP contribution in [0.3, 0.4) is 0 Å². The molecule has 1 aliphatic rings. The molecule has 0 spiro atoms. The highest BCUT2D eigenvalue weighted by molar-refractivity contribution is 7.09. The topological polar surface area (TPSA) is 24.9 Å². The normalized spacial score (nSPS) is 18.4. The van der Waals surface area contributed by atoms with Crippen LogP contribution in [0, 0.1) is 5.92 Å². The average Bonchev–Trinajstić information content (AvgIpc) is 2.90. The maximum atomic E-state index is 4.70. The van der Waals surface area contributed by atoms with E-state index in [1.807, 2.05) is 0 Å². The minimum absolute atomic E-state index is 0.183. The molecule has 96 valence electrons. The van der Waals surface area contributed by atoms with Gasteiger partial charge < -0.3 is 5.32 Å². The van der Waals surface area contributed by atoms with E-state index >= 15 is 0 Å². The van der Waals surface area contributed by atoms with Gasteiger partial charge in [0.05, 0.1) is 10.7 Å². The van der Waals surface area contributed by atoms with Gasteiger partial charge in [0, 0.05) is 23.4 Å². The van der Waals surface area contributed by atoms with Gasteiger partial charge in [0.25, 0.3) is 0 Å². The monoisotopic (exact) mass is 252 g/mol. The molecule has 0 saturated heterocycles. The van der Waals surface area contributed by atoms with E-state index in [2.05, 4.69) is 38.4 Å². The molecule has 2 nitrogen and oxygen atoms in total. The summed E-state index contributed by atoms with van der Waals surface area (Å²) in [5, 5.41) is 7.01. The van der Waals surface area contributed by atoms with Crippen LogP contribution in [0.5, 0.6) is 0 Å². The summed E-state index contributed by atoms with van der Waals surface area (Å²) in [5.41, 5.74) is 1.38. The molecule has 1 heterocycles. The van der Waals surface area contributed by atoms with E-state index < -0.39 is 0 Å². The number of hydrogen-bond donors (Lipinski definition) is 1. The molecule has 17 heavy (non-hydrogen) atoms. The third kappa shape index (κ3) is 4.07. The zero-order valence-electron chi connectivity index (χ0n) is 11.4. The quantitative estimate of drug-likeness (QED) is 0.864. The van der Waals surface area contributed by atoms with Crippen molar-refractivity contribution in [2.75, 3.05) is 0 Å². The smallest absolute Gasteiger partial charge is 0.0982 e. The first-order valence-electron chi connectivity index (χ1n) is 6.63. The fourth-order valence-corrected chi connectivity index (χ4v) is 2.86. The SMILES string of the molecule is CC(CC1CC1)NCc1csc(C(C)(C)C)n1. The van der Waals surface area contributed by atoms with Gasteiger partial charge in [-0.3, -0.25) is 0 Å². The number of thiazole rings is 1. The first-order chi connectivity index (χ1) is 7.95. The number of nitrogens with one attached hydrogen (secondary N) is 1. The second kappa shape index (κ2) is 5.07. The third-order valence-electron chi connectivity index (χ3n) is 3.21. The molecule has 0 amide bonds. The minimum Gasteiger partial charge on any atom is -0.309 e. The Morgan fingerprint density at radius 1 is 1.47 bits per heavy atom. The lowest BCUT2D eigenvalue weighted by molar-refractivity contribution is 0.483. The van der Waals surface area contributed by atoms with Crippen molar-refractivity contribution in [3.63, 3.8) is 0 Å². The molecule has 1 aliphatic carbocycles. The Bertz CT molecular complexity index is 361. The highest BCUT2D eigenvalue weighted by Crippen LogP contribution is 2.33. The van der Waals surface area contributed by atoms with Crippen molar-refractivity contribution >= 4 is 11.3 Å². The van der Waals surface area contributed by atoms with E-state index in [0.717, 1.165) is 12.5 Å². The molecule has 0 radical (unpaired) electrons. The zero-order valence-corrected chi connectivity index (χ0v) is 12.2. The molecular formula is C14H24N2S. The summed E-state index contributed by atoms with van der Waals surface area (Å²) in [7, 11) is 0. The summed E-state index contributed by atoms with van der Waals surface area (Å²) in [6, 6.07) is 0.627. The molecule has 0 aromatic carbocycles. The predicted molar refractivity (Wildman–Crippen MR) is 74.5 cm³/mol. The highest BCUT2D eigenvalue weighted by atomic mass is 32.1. The number of nitrogens with zero attached hydrogens (tertiary/aromatic N) is 1. The Labute approximate surface area is 109 Å². The summed E-state index contributed by atoms with van der Waals surface area (Å²) < 4.78 is 0. The van der Waals surface area contributed by atoms with Gasteiger partial charge in [0.15, 0.2) is 0 Å². The molecule has 2 rings (SSSR count). The van der Waals surface area contributed by atoms with E-state index in [0.29, 0.717) is 6.04 Å². The standard InChI is InChI=1S/C14H24N2S/c1-10(7-11-5-6-11)15-8-12-9-17-13(16-12)14(2,3)4/h9-11,15H,5-8H2,1-4H3. The van der Waals surface area contributed by atoms with Crippen molar-refractivity contribution < 1.29 is 0 Å². The van der Waals surface area contributed by atoms with Gasteiger partial charge in [-0.15, -0.1) is 11.3 Å². The summed E-state index contributed by atoms with van der Waals surface area (Å²) in [4.78, 5) is 4.70. The maximum Gasteiger partial charge on any atom is 0.0982 e. The number of rotatable bonds is 5. The van der Waals surface area contributed by atoms with Crippen molar-refractivity contribution in [3.05, 3.63) is 16.1 Å². The molecule has 1 unspecified atom stereocenters. The van der Waals surface area contributed by atoms with Gasteiger partial charge in [-0.05, 0) is 19.3 Å². The first kappa shape index (κ1) is 13.0. The van der Waals surface area contributed by atoms with Gasteiger partial charge in [-0.2, -0.15) is 0 Å². The van der Waals surface area contributed by atoms with Crippen molar-refractivity contribution in [3.8, 4) is 0 Å². The summed E-state index contributed by atoms with van der Waals surface area (Å²) in [6.45, 7) is 9.87. The predicted octanol–water partition coefficient (Wildman–Crippen LogP) is 3.72. The molecule has 0 bridgehead atoms. The van der Waals surface area contributed by atoms with Crippen molar-refractivity contribution in [2.45, 2.75) is 65.0 Å². The molecule has 1 aromatic heterocycles. The Kier molecular flexibility index (Phi) is 3.88. The van der Waals surface area contributed by atoms with E-state index in [1.165, 1.54) is 30.0 Å². The minimum atomic E-state index is 0.183. The van der Waals surface area contributed by atoms with E-state index in [-0.39, 0.29) is 5.41 Å². The fourth-order valence-electron chi connectivity index (χ4n) is 1.95. The molecular weight excluding hydrogens is 228 g/mol. The Morgan fingerprint density at radius 3 is 2.71 bits per heavy atom. The second-order valence-corrected chi connectivity index (χ2v) is 7.21. The fraction of sp³-hybridized carbons (Fsp3) is 0.786. The molecule has 1 saturated carbocycles. The van der Waals surface area contributed by atoms with Crippen LogP contribution in [0.4, 0.5) is 0 Å². The molecule has 1 aromatic rings. The lowest BCUT2D eigenvalue weighted by Gasteiger charge is -2.14. The van der Waals surface area contributed by atoms with Crippen molar-refractivity contribution in [1.82, 2.24) is 10.3 Å². The van der Waals surface area contributed by atoms with Crippen LogP contribution in [-0.2, 0) is 12.0 Å². The number of aromatic nitrogens is 1. The molecule has 1 atom stereocenters. The molecule has 3 heteroatoms. The number of hydrogen-bond acceptors (Lipinski definition) is 3. The van der Waals surface area contributed by atoms with E-state index in [4.69, 9.17) is 4.98 Å². The third-order valence-corrected chi connectivity index (χ3v) is 4.53. The van der Waals surface area contributed by atoms with E-state index in [9.17, 15) is 0 Å². The average molecular weight is 252 g/mol. The van der Waals surface area contributed by atoms with Crippen LogP contribution in [-0.4, -0.2) is 11.0 Å². The lowest BCUT2D eigenvalue weighted by Crippen LogP contribution is -2.26. The summed E-state index contributed by atoms with van der Waals surface area (Å²) in [6.07, 6.45) is 4.21. The molecule has 1 N–H and O–H groups in total. The highest BCUT2D eigenvalue weighted by Gasteiger charge is 2.23. The van der Waals surface area contributed by atoms with Crippen LogP contribution in [0.2, 0.25) is 0 Å². The Morgan fingerprint density at radius 2 is 2.18 bits per heavy atom. The second-order valence-electron chi connectivity index (χ2n) is 6.36.